The largest absolute Gasteiger partial charge is 0.465 e. The summed E-state index contributed by atoms with van der Waals surface area (Å²) in [5.74, 6) is -0.333. The molecule has 1 aromatic carbocycles. The van der Waals surface area contributed by atoms with E-state index in [2.05, 4.69) is 25.7 Å². The molecule has 4 heteroatoms. The highest BCUT2D eigenvalue weighted by molar-refractivity contribution is 9.10. The SMILES string of the molecule is COC(=O)c1ccc(-c2ccc(Br)cn2)cc1. The number of benzene rings is 1. The van der Waals surface area contributed by atoms with Crippen LogP contribution in [0.5, 0.6) is 0 Å². The zero-order valence-corrected chi connectivity index (χ0v) is 10.8. The zero-order valence-electron chi connectivity index (χ0n) is 9.18. The molecule has 0 N–H and O–H groups in total. The second kappa shape index (κ2) is 5.10. The smallest absolute Gasteiger partial charge is 0.337 e. The summed E-state index contributed by atoms with van der Waals surface area (Å²) in [5.41, 5.74) is 2.36. The van der Waals surface area contributed by atoms with Crippen molar-refractivity contribution in [1.29, 1.82) is 0 Å². The van der Waals surface area contributed by atoms with Crippen LogP contribution in [0.4, 0.5) is 0 Å². The van der Waals surface area contributed by atoms with Crippen LogP contribution in [0.15, 0.2) is 47.1 Å². The first-order valence-electron chi connectivity index (χ1n) is 5.01. The van der Waals surface area contributed by atoms with Crippen molar-refractivity contribution in [3.63, 3.8) is 0 Å². The van der Waals surface area contributed by atoms with Crippen LogP contribution >= 0.6 is 15.9 Å². The number of carbonyl (C=O) groups is 1. The fraction of sp³-hybridized carbons (Fsp3) is 0.0769. The van der Waals surface area contributed by atoms with Crippen molar-refractivity contribution in [2.75, 3.05) is 7.11 Å². The molecule has 17 heavy (non-hydrogen) atoms. The van der Waals surface area contributed by atoms with Crippen molar-refractivity contribution in [2.45, 2.75) is 0 Å². The molecule has 2 rings (SSSR count). The van der Waals surface area contributed by atoms with Gasteiger partial charge in [0, 0.05) is 16.2 Å². The monoisotopic (exact) mass is 291 g/mol. The molecule has 0 unspecified atom stereocenters. The average molecular weight is 292 g/mol. The fourth-order valence-electron chi connectivity index (χ4n) is 1.44. The van der Waals surface area contributed by atoms with Crippen LogP contribution in [-0.4, -0.2) is 18.1 Å². The number of methoxy groups -OCH3 is 1. The predicted octanol–water partition coefficient (Wildman–Crippen LogP) is 3.30. The molecule has 0 saturated heterocycles. The summed E-state index contributed by atoms with van der Waals surface area (Å²) in [6, 6.07) is 11.0. The Kier molecular flexibility index (Phi) is 3.54. The fourth-order valence-corrected chi connectivity index (χ4v) is 1.68. The number of esters is 1. The number of aromatic nitrogens is 1. The second-order valence-corrected chi connectivity index (χ2v) is 4.35. The number of ether oxygens (including phenoxy) is 1. The Morgan fingerprint density at radius 1 is 1.18 bits per heavy atom. The highest BCUT2D eigenvalue weighted by atomic mass is 79.9. The number of pyridine rings is 1. The van der Waals surface area contributed by atoms with Crippen molar-refractivity contribution in [1.82, 2.24) is 4.98 Å². The summed E-state index contributed by atoms with van der Waals surface area (Å²) < 4.78 is 5.57. The van der Waals surface area contributed by atoms with Gasteiger partial charge in [0.25, 0.3) is 0 Å². The van der Waals surface area contributed by atoms with E-state index < -0.39 is 0 Å². The topological polar surface area (TPSA) is 39.2 Å². The van der Waals surface area contributed by atoms with Crippen LogP contribution in [0, 0.1) is 0 Å². The van der Waals surface area contributed by atoms with Gasteiger partial charge < -0.3 is 4.74 Å². The Morgan fingerprint density at radius 3 is 2.41 bits per heavy atom. The Hall–Kier alpha value is -1.68. The van der Waals surface area contributed by atoms with Crippen LogP contribution in [0.25, 0.3) is 11.3 Å². The Morgan fingerprint density at radius 2 is 1.88 bits per heavy atom. The van der Waals surface area contributed by atoms with Gasteiger partial charge in [0.1, 0.15) is 0 Å². The van der Waals surface area contributed by atoms with Gasteiger partial charge in [-0.25, -0.2) is 4.79 Å². The van der Waals surface area contributed by atoms with Gasteiger partial charge in [-0.3, -0.25) is 4.98 Å². The lowest BCUT2D eigenvalue weighted by Crippen LogP contribution is -2.00. The van der Waals surface area contributed by atoms with Crippen LogP contribution in [0.1, 0.15) is 10.4 Å². The Balaban J connectivity index is 2.29. The second-order valence-electron chi connectivity index (χ2n) is 3.43. The molecule has 2 aromatic rings. The first-order chi connectivity index (χ1) is 8.20. The number of rotatable bonds is 2. The molecule has 3 nitrogen and oxygen atoms in total. The normalized spacial score (nSPS) is 10.0. The highest BCUT2D eigenvalue weighted by Gasteiger charge is 2.05. The van der Waals surface area contributed by atoms with Gasteiger partial charge in [0.15, 0.2) is 0 Å². The molecular weight excluding hydrogens is 282 g/mol. The van der Waals surface area contributed by atoms with E-state index in [1.54, 1.807) is 18.3 Å². The maximum atomic E-state index is 11.3. The Labute approximate surface area is 108 Å². The molecule has 0 aliphatic rings. The minimum absolute atomic E-state index is 0.333. The van der Waals surface area contributed by atoms with Gasteiger partial charge in [0.05, 0.1) is 18.4 Å². The van der Waals surface area contributed by atoms with Gasteiger partial charge in [-0.1, -0.05) is 12.1 Å². The molecule has 0 aliphatic carbocycles. The van der Waals surface area contributed by atoms with Crippen molar-refractivity contribution in [3.8, 4) is 11.3 Å². The van der Waals surface area contributed by atoms with Gasteiger partial charge >= 0.3 is 5.97 Å². The highest BCUT2D eigenvalue weighted by Crippen LogP contribution is 2.19. The van der Waals surface area contributed by atoms with Crippen LogP contribution in [0.2, 0.25) is 0 Å². The first-order valence-corrected chi connectivity index (χ1v) is 5.80. The van der Waals surface area contributed by atoms with Crippen molar-refractivity contribution in [2.24, 2.45) is 0 Å². The first kappa shape index (κ1) is 11.8. The number of hydrogen-bond acceptors (Lipinski definition) is 3. The van der Waals surface area contributed by atoms with Crippen LogP contribution in [0.3, 0.4) is 0 Å². The lowest BCUT2D eigenvalue weighted by Gasteiger charge is -2.02. The molecule has 0 spiro atoms. The summed E-state index contributed by atoms with van der Waals surface area (Å²) in [6.07, 6.45) is 1.74. The van der Waals surface area contributed by atoms with E-state index >= 15 is 0 Å². The maximum absolute atomic E-state index is 11.3. The molecular formula is C13H10BrNO2. The summed E-state index contributed by atoms with van der Waals surface area (Å²) in [7, 11) is 1.37. The van der Waals surface area contributed by atoms with Crippen LogP contribution in [-0.2, 0) is 4.74 Å². The van der Waals surface area contributed by atoms with Gasteiger partial charge in [-0.05, 0) is 40.2 Å². The molecule has 0 amide bonds. The summed E-state index contributed by atoms with van der Waals surface area (Å²) in [4.78, 5) is 15.5. The van der Waals surface area contributed by atoms with Gasteiger partial charge in [-0.15, -0.1) is 0 Å². The van der Waals surface area contributed by atoms with E-state index in [9.17, 15) is 4.79 Å². The quantitative estimate of drug-likeness (QED) is 0.797. The summed E-state index contributed by atoms with van der Waals surface area (Å²) in [5, 5.41) is 0. The molecule has 1 aromatic heterocycles. The van der Waals surface area contributed by atoms with E-state index in [0.29, 0.717) is 5.56 Å². The number of halogens is 1. The molecule has 0 saturated carbocycles. The molecule has 0 radical (unpaired) electrons. The predicted molar refractivity (Wildman–Crippen MR) is 68.7 cm³/mol. The molecule has 86 valence electrons. The third-order valence-corrected chi connectivity index (χ3v) is 2.80. The van der Waals surface area contributed by atoms with Crippen molar-refractivity contribution < 1.29 is 9.53 Å². The molecule has 0 fully saturated rings. The third-order valence-electron chi connectivity index (χ3n) is 2.33. The van der Waals surface area contributed by atoms with E-state index in [1.807, 2.05) is 24.3 Å². The van der Waals surface area contributed by atoms with Crippen molar-refractivity contribution >= 4 is 21.9 Å². The Bertz CT molecular complexity index is 520. The average Bonchev–Trinajstić information content (AvgIpc) is 2.39. The molecule has 0 bridgehead atoms. The third kappa shape index (κ3) is 2.71. The summed E-state index contributed by atoms with van der Waals surface area (Å²) >= 11 is 3.33. The lowest BCUT2D eigenvalue weighted by atomic mass is 10.1. The number of nitrogens with zero attached hydrogens (tertiary/aromatic N) is 1. The van der Waals surface area contributed by atoms with E-state index in [1.165, 1.54) is 7.11 Å². The summed E-state index contributed by atoms with van der Waals surface area (Å²) in [6.45, 7) is 0. The molecule has 0 aliphatic heterocycles. The molecule has 0 atom stereocenters. The minimum atomic E-state index is -0.333. The standard InChI is InChI=1S/C13H10BrNO2/c1-17-13(16)10-4-2-9(3-5-10)12-7-6-11(14)8-15-12/h2-8H,1H3. The van der Waals surface area contributed by atoms with Gasteiger partial charge in [-0.2, -0.15) is 0 Å². The van der Waals surface area contributed by atoms with Crippen LogP contribution < -0.4 is 0 Å². The van der Waals surface area contributed by atoms with E-state index in [4.69, 9.17) is 0 Å². The van der Waals surface area contributed by atoms with E-state index in [-0.39, 0.29) is 5.97 Å². The minimum Gasteiger partial charge on any atom is -0.465 e. The van der Waals surface area contributed by atoms with Crippen molar-refractivity contribution in [3.05, 3.63) is 52.6 Å². The molecule has 1 heterocycles. The lowest BCUT2D eigenvalue weighted by molar-refractivity contribution is 0.0601. The van der Waals surface area contributed by atoms with E-state index in [0.717, 1.165) is 15.7 Å². The van der Waals surface area contributed by atoms with Gasteiger partial charge in [0.2, 0.25) is 0 Å². The number of hydrogen-bond donors (Lipinski definition) is 0. The maximum Gasteiger partial charge on any atom is 0.337 e. The number of carbonyl (C=O) groups excluding carboxylic acids is 1. The zero-order chi connectivity index (χ0) is 12.3.